The van der Waals surface area contributed by atoms with E-state index in [2.05, 4.69) is 5.32 Å². The first-order valence-corrected chi connectivity index (χ1v) is 10.7. The first-order valence-electron chi connectivity index (χ1n) is 9.29. The second kappa shape index (κ2) is 8.49. The predicted octanol–water partition coefficient (Wildman–Crippen LogP) is 4.45. The molecule has 0 heterocycles. The molecular weight excluding hydrogens is 384 g/mol. The van der Waals surface area contributed by atoms with Gasteiger partial charge in [-0.2, -0.15) is 0 Å². The van der Waals surface area contributed by atoms with Crippen LogP contribution >= 0.6 is 0 Å². The van der Waals surface area contributed by atoms with Crippen LogP contribution in [0.2, 0.25) is 0 Å². The fraction of sp³-hybridized carbons (Fsp3) is 0.174. The van der Waals surface area contributed by atoms with E-state index in [1.165, 1.54) is 16.4 Å². The van der Waals surface area contributed by atoms with Gasteiger partial charge in [-0.1, -0.05) is 48.0 Å². The van der Waals surface area contributed by atoms with Crippen molar-refractivity contribution in [3.8, 4) is 0 Å². The molecule has 0 bridgehead atoms. The second-order valence-corrected chi connectivity index (χ2v) is 8.82. The van der Waals surface area contributed by atoms with Crippen LogP contribution in [0.25, 0.3) is 0 Å². The number of nitrogens with zero attached hydrogens (tertiary/aromatic N) is 1. The summed E-state index contributed by atoms with van der Waals surface area (Å²) in [4.78, 5) is 12.9. The summed E-state index contributed by atoms with van der Waals surface area (Å²) in [5, 5.41) is 2.78. The van der Waals surface area contributed by atoms with Gasteiger partial charge in [0, 0.05) is 5.69 Å². The highest BCUT2D eigenvalue weighted by Gasteiger charge is 2.28. The Morgan fingerprint density at radius 3 is 2.17 bits per heavy atom. The van der Waals surface area contributed by atoms with Gasteiger partial charge >= 0.3 is 0 Å². The number of amides is 1. The SMILES string of the molecule is Cc1ccc(NC(=O)CN(c2cccc(C)c2C)S(=O)(=O)c2ccccc2)cc1. The number of hydrogen-bond acceptors (Lipinski definition) is 3. The van der Waals surface area contributed by atoms with E-state index < -0.39 is 15.9 Å². The summed E-state index contributed by atoms with van der Waals surface area (Å²) in [5.41, 5.74) is 3.96. The lowest BCUT2D eigenvalue weighted by molar-refractivity contribution is -0.114. The van der Waals surface area contributed by atoms with E-state index in [1.54, 1.807) is 42.5 Å². The lowest BCUT2D eigenvalue weighted by Crippen LogP contribution is -2.38. The van der Waals surface area contributed by atoms with Crippen LogP contribution in [0.15, 0.2) is 77.7 Å². The molecule has 0 aliphatic rings. The van der Waals surface area contributed by atoms with Gasteiger partial charge in [-0.15, -0.1) is 0 Å². The maximum Gasteiger partial charge on any atom is 0.264 e. The van der Waals surface area contributed by atoms with Crippen LogP contribution in [0.1, 0.15) is 16.7 Å². The van der Waals surface area contributed by atoms with E-state index in [4.69, 9.17) is 0 Å². The molecule has 0 aliphatic carbocycles. The summed E-state index contributed by atoms with van der Waals surface area (Å²) in [6.45, 7) is 5.41. The molecule has 1 N–H and O–H groups in total. The van der Waals surface area contributed by atoms with Crippen molar-refractivity contribution in [2.45, 2.75) is 25.7 Å². The molecule has 1 amide bonds. The van der Waals surface area contributed by atoms with Crippen molar-refractivity contribution in [2.24, 2.45) is 0 Å². The van der Waals surface area contributed by atoms with Crippen molar-refractivity contribution in [3.63, 3.8) is 0 Å². The number of carbonyl (C=O) groups is 1. The molecule has 0 saturated heterocycles. The van der Waals surface area contributed by atoms with Crippen LogP contribution in [0.4, 0.5) is 11.4 Å². The Kier molecular flexibility index (Phi) is 6.03. The first-order chi connectivity index (χ1) is 13.8. The van der Waals surface area contributed by atoms with Crippen molar-refractivity contribution in [3.05, 3.63) is 89.5 Å². The quantitative estimate of drug-likeness (QED) is 0.655. The van der Waals surface area contributed by atoms with Gasteiger partial charge in [0.25, 0.3) is 10.0 Å². The molecular formula is C23H24N2O3S. The summed E-state index contributed by atoms with van der Waals surface area (Å²) in [5.74, 6) is -0.408. The number of anilines is 2. The molecule has 0 aromatic heterocycles. The van der Waals surface area contributed by atoms with Crippen LogP contribution in [0, 0.1) is 20.8 Å². The van der Waals surface area contributed by atoms with Gasteiger partial charge in [0.05, 0.1) is 10.6 Å². The highest BCUT2D eigenvalue weighted by molar-refractivity contribution is 7.92. The average molecular weight is 409 g/mol. The van der Waals surface area contributed by atoms with Crippen molar-refractivity contribution in [2.75, 3.05) is 16.2 Å². The van der Waals surface area contributed by atoms with Gasteiger partial charge in [0.2, 0.25) is 5.91 Å². The monoisotopic (exact) mass is 408 g/mol. The van der Waals surface area contributed by atoms with Crippen LogP contribution in [-0.2, 0) is 14.8 Å². The molecule has 5 nitrogen and oxygen atoms in total. The van der Waals surface area contributed by atoms with Gasteiger partial charge in [-0.25, -0.2) is 8.42 Å². The van der Waals surface area contributed by atoms with E-state index in [-0.39, 0.29) is 11.4 Å². The third kappa shape index (κ3) is 4.66. The zero-order valence-electron chi connectivity index (χ0n) is 16.7. The average Bonchev–Trinajstić information content (AvgIpc) is 2.71. The van der Waals surface area contributed by atoms with Gasteiger partial charge in [-0.05, 0) is 62.2 Å². The van der Waals surface area contributed by atoms with Crippen LogP contribution < -0.4 is 9.62 Å². The molecule has 29 heavy (non-hydrogen) atoms. The van der Waals surface area contributed by atoms with Gasteiger partial charge in [0.15, 0.2) is 0 Å². The van der Waals surface area contributed by atoms with E-state index >= 15 is 0 Å². The third-order valence-corrected chi connectivity index (χ3v) is 6.57. The molecule has 0 radical (unpaired) electrons. The molecule has 0 saturated carbocycles. The molecule has 0 fully saturated rings. The third-order valence-electron chi connectivity index (χ3n) is 4.80. The summed E-state index contributed by atoms with van der Waals surface area (Å²) in [6.07, 6.45) is 0. The van der Waals surface area contributed by atoms with Crippen molar-refractivity contribution < 1.29 is 13.2 Å². The molecule has 0 aliphatic heterocycles. The van der Waals surface area contributed by atoms with E-state index in [1.807, 2.05) is 39.0 Å². The summed E-state index contributed by atoms with van der Waals surface area (Å²) in [6, 6.07) is 21.0. The predicted molar refractivity (Wildman–Crippen MR) is 117 cm³/mol. The van der Waals surface area contributed by atoms with Gasteiger partial charge in [0.1, 0.15) is 6.54 Å². The topological polar surface area (TPSA) is 66.5 Å². The van der Waals surface area contributed by atoms with Crippen LogP contribution in [0.5, 0.6) is 0 Å². The smallest absolute Gasteiger partial charge is 0.264 e. The first kappa shape index (κ1) is 20.6. The molecule has 3 aromatic carbocycles. The standard InChI is InChI=1S/C23H24N2O3S/c1-17-12-14-20(15-13-17)24-23(26)16-25(22-11-7-8-18(2)19(22)3)29(27,28)21-9-5-4-6-10-21/h4-15H,16H2,1-3H3,(H,24,26). The summed E-state index contributed by atoms with van der Waals surface area (Å²) < 4.78 is 27.9. The minimum atomic E-state index is -3.91. The summed E-state index contributed by atoms with van der Waals surface area (Å²) in [7, 11) is -3.91. The Balaban J connectivity index is 1.98. The zero-order chi connectivity index (χ0) is 21.0. The number of benzene rings is 3. The minimum absolute atomic E-state index is 0.143. The minimum Gasteiger partial charge on any atom is -0.325 e. The maximum absolute atomic E-state index is 13.4. The maximum atomic E-state index is 13.4. The molecule has 150 valence electrons. The van der Waals surface area contributed by atoms with E-state index in [9.17, 15) is 13.2 Å². The molecule has 3 aromatic rings. The van der Waals surface area contributed by atoms with Crippen LogP contribution in [0.3, 0.4) is 0 Å². The number of sulfonamides is 1. The Bertz CT molecular complexity index is 1110. The number of hydrogen-bond donors (Lipinski definition) is 1. The Morgan fingerprint density at radius 1 is 0.862 bits per heavy atom. The fourth-order valence-corrected chi connectivity index (χ4v) is 4.49. The lowest BCUT2D eigenvalue weighted by atomic mass is 10.1. The Morgan fingerprint density at radius 2 is 1.52 bits per heavy atom. The van der Waals surface area contributed by atoms with Gasteiger partial charge in [-0.3, -0.25) is 9.10 Å². The molecule has 0 unspecified atom stereocenters. The number of carbonyl (C=O) groups excluding carboxylic acids is 1. The largest absolute Gasteiger partial charge is 0.325 e. The van der Waals surface area contributed by atoms with Crippen molar-refractivity contribution >= 4 is 27.3 Å². The van der Waals surface area contributed by atoms with E-state index in [0.717, 1.165) is 16.7 Å². The van der Waals surface area contributed by atoms with Gasteiger partial charge < -0.3 is 5.32 Å². The molecule has 6 heteroatoms. The second-order valence-electron chi connectivity index (χ2n) is 6.96. The molecule has 0 atom stereocenters. The van der Waals surface area contributed by atoms with E-state index in [0.29, 0.717) is 11.4 Å². The Labute approximate surface area is 172 Å². The summed E-state index contributed by atoms with van der Waals surface area (Å²) >= 11 is 0. The fourth-order valence-electron chi connectivity index (χ4n) is 2.99. The molecule has 3 rings (SSSR count). The highest BCUT2D eigenvalue weighted by Crippen LogP contribution is 2.28. The Hall–Kier alpha value is -3.12. The van der Waals surface area contributed by atoms with Crippen molar-refractivity contribution in [1.82, 2.24) is 0 Å². The molecule has 0 spiro atoms. The van der Waals surface area contributed by atoms with Crippen molar-refractivity contribution in [1.29, 1.82) is 0 Å². The number of rotatable bonds is 6. The number of aryl methyl sites for hydroxylation is 2. The number of nitrogens with one attached hydrogen (secondary N) is 1. The lowest BCUT2D eigenvalue weighted by Gasteiger charge is -2.26. The van der Waals surface area contributed by atoms with Crippen LogP contribution in [-0.4, -0.2) is 20.9 Å². The normalized spacial score (nSPS) is 11.1. The zero-order valence-corrected chi connectivity index (χ0v) is 17.5. The highest BCUT2D eigenvalue weighted by atomic mass is 32.2.